The van der Waals surface area contributed by atoms with Gasteiger partial charge in [-0.05, 0) is 35.9 Å². The summed E-state index contributed by atoms with van der Waals surface area (Å²) in [6.45, 7) is 1.58. The Morgan fingerprint density at radius 1 is 1.05 bits per heavy atom. The SMILES string of the molecule is OCC1(c2ccc(F)cc2)CC=CN(Cc2ccccc2)C1. The average molecular weight is 297 g/mol. The van der Waals surface area contributed by atoms with E-state index in [2.05, 4.69) is 29.3 Å². The van der Waals surface area contributed by atoms with E-state index in [0.29, 0.717) is 0 Å². The highest BCUT2D eigenvalue weighted by Gasteiger charge is 2.34. The fourth-order valence-corrected chi connectivity index (χ4v) is 3.08. The summed E-state index contributed by atoms with van der Waals surface area (Å²) in [7, 11) is 0. The van der Waals surface area contributed by atoms with E-state index in [9.17, 15) is 9.50 Å². The summed E-state index contributed by atoms with van der Waals surface area (Å²) in [4.78, 5) is 2.21. The minimum atomic E-state index is -0.364. The Morgan fingerprint density at radius 3 is 2.45 bits per heavy atom. The Labute approximate surface area is 130 Å². The second-order valence-electron chi connectivity index (χ2n) is 5.92. The van der Waals surface area contributed by atoms with Crippen LogP contribution in [0.25, 0.3) is 0 Å². The zero-order valence-electron chi connectivity index (χ0n) is 12.5. The lowest BCUT2D eigenvalue weighted by Gasteiger charge is -2.40. The Hall–Kier alpha value is -2.13. The molecule has 3 heteroatoms. The number of nitrogens with zero attached hydrogens (tertiary/aromatic N) is 1. The molecule has 1 N–H and O–H groups in total. The largest absolute Gasteiger partial charge is 0.395 e. The molecule has 0 bridgehead atoms. The number of rotatable bonds is 4. The molecule has 0 fully saturated rings. The van der Waals surface area contributed by atoms with Crippen LogP contribution in [0.1, 0.15) is 17.5 Å². The predicted octanol–water partition coefficient (Wildman–Crippen LogP) is 3.48. The van der Waals surface area contributed by atoms with Crippen molar-refractivity contribution in [1.29, 1.82) is 0 Å². The summed E-state index contributed by atoms with van der Waals surface area (Å²) in [6.07, 6.45) is 4.94. The number of hydrogen-bond acceptors (Lipinski definition) is 2. The van der Waals surface area contributed by atoms with Gasteiger partial charge < -0.3 is 10.0 Å². The molecule has 2 aromatic rings. The van der Waals surface area contributed by atoms with E-state index in [1.807, 2.05) is 18.2 Å². The second-order valence-corrected chi connectivity index (χ2v) is 5.92. The number of allylic oxidation sites excluding steroid dienone is 1. The summed E-state index contributed by atoms with van der Waals surface area (Å²) in [5, 5.41) is 9.99. The van der Waals surface area contributed by atoms with Crippen LogP contribution in [0.5, 0.6) is 0 Å². The van der Waals surface area contributed by atoms with Crippen LogP contribution in [-0.4, -0.2) is 23.2 Å². The van der Waals surface area contributed by atoms with Crippen LogP contribution in [-0.2, 0) is 12.0 Å². The molecule has 1 aliphatic heterocycles. The van der Waals surface area contributed by atoms with Gasteiger partial charge in [-0.3, -0.25) is 0 Å². The molecule has 0 amide bonds. The van der Waals surface area contributed by atoms with Crippen LogP contribution in [0.4, 0.5) is 4.39 Å². The van der Waals surface area contributed by atoms with Gasteiger partial charge in [0.2, 0.25) is 0 Å². The lowest BCUT2D eigenvalue weighted by molar-refractivity contribution is 0.144. The van der Waals surface area contributed by atoms with E-state index in [-0.39, 0.29) is 17.8 Å². The predicted molar refractivity (Wildman–Crippen MR) is 85.8 cm³/mol. The molecule has 2 nitrogen and oxygen atoms in total. The molecule has 1 unspecified atom stereocenters. The third-order valence-corrected chi connectivity index (χ3v) is 4.32. The van der Waals surface area contributed by atoms with Crippen molar-refractivity contribution in [1.82, 2.24) is 4.90 Å². The van der Waals surface area contributed by atoms with Gasteiger partial charge in [0.05, 0.1) is 6.61 Å². The first-order valence-corrected chi connectivity index (χ1v) is 7.53. The number of benzene rings is 2. The summed E-state index contributed by atoms with van der Waals surface area (Å²) in [5.74, 6) is -0.246. The fraction of sp³-hybridized carbons (Fsp3) is 0.263. The van der Waals surface area contributed by atoms with E-state index in [0.717, 1.165) is 25.1 Å². The van der Waals surface area contributed by atoms with E-state index in [1.54, 1.807) is 12.1 Å². The molecular weight excluding hydrogens is 277 g/mol. The zero-order chi connectivity index (χ0) is 15.4. The minimum Gasteiger partial charge on any atom is -0.395 e. The molecule has 0 saturated heterocycles. The van der Waals surface area contributed by atoms with Crippen LogP contribution in [0.15, 0.2) is 66.9 Å². The molecule has 22 heavy (non-hydrogen) atoms. The highest BCUT2D eigenvalue weighted by atomic mass is 19.1. The number of aliphatic hydroxyl groups is 1. The Bertz CT molecular complexity index is 638. The van der Waals surface area contributed by atoms with Crippen LogP contribution < -0.4 is 0 Å². The van der Waals surface area contributed by atoms with E-state index >= 15 is 0 Å². The molecule has 2 aromatic carbocycles. The van der Waals surface area contributed by atoms with Crippen LogP contribution in [0.2, 0.25) is 0 Å². The van der Waals surface area contributed by atoms with E-state index in [1.165, 1.54) is 17.7 Å². The maximum absolute atomic E-state index is 13.2. The van der Waals surface area contributed by atoms with Gasteiger partial charge >= 0.3 is 0 Å². The van der Waals surface area contributed by atoms with E-state index < -0.39 is 0 Å². The Morgan fingerprint density at radius 2 is 1.77 bits per heavy atom. The van der Waals surface area contributed by atoms with Crippen molar-refractivity contribution in [2.75, 3.05) is 13.2 Å². The zero-order valence-corrected chi connectivity index (χ0v) is 12.5. The maximum atomic E-state index is 13.2. The molecule has 1 aliphatic rings. The van der Waals surface area contributed by atoms with Crippen molar-refractivity contribution in [3.05, 3.63) is 83.8 Å². The van der Waals surface area contributed by atoms with Crippen molar-refractivity contribution in [2.24, 2.45) is 0 Å². The van der Waals surface area contributed by atoms with E-state index in [4.69, 9.17) is 0 Å². The van der Waals surface area contributed by atoms with Crippen LogP contribution in [0, 0.1) is 5.82 Å². The number of halogens is 1. The van der Waals surface area contributed by atoms with Gasteiger partial charge in [-0.15, -0.1) is 0 Å². The third kappa shape index (κ3) is 3.04. The first-order valence-electron chi connectivity index (χ1n) is 7.53. The molecule has 1 atom stereocenters. The topological polar surface area (TPSA) is 23.5 Å². The molecule has 0 aliphatic carbocycles. The second kappa shape index (κ2) is 6.32. The normalized spacial score (nSPS) is 21.1. The maximum Gasteiger partial charge on any atom is 0.123 e. The quantitative estimate of drug-likeness (QED) is 0.934. The van der Waals surface area contributed by atoms with Crippen molar-refractivity contribution < 1.29 is 9.50 Å². The highest BCUT2D eigenvalue weighted by Crippen LogP contribution is 2.33. The summed E-state index contributed by atoms with van der Waals surface area (Å²) in [6, 6.07) is 16.8. The van der Waals surface area contributed by atoms with Crippen molar-refractivity contribution in [3.8, 4) is 0 Å². The standard InChI is InChI=1S/C19H20FNO/c20-18-9-7-17(8-10-18)19(15-22)11-4-12-21(14-19)13-16-5-2-1-3-6-16/h1-10,12,22H,11,13-15H2. The lowest BCUT2D eigenvalue weighted by Crippen LogP contribution is -2.43. The Balaban J connectivity index is 1.82. The van der Waals surface area contributed by atoms with Crippen molar-refractivity contribution in [3.63, 3.8) is 0 Å². The fourth-order valence-electron chi connectivity index (χ4n) is 3.08. The Kier molecular flexibility index (Phi) is 4.25. The smallest absolute Gasteiger partial charge is 0.123 e. The molecule has 1 heterocycles. The molecule has 0 saturated carbocycles. The average Bonchev–Trinajstić information content (AvgIpc) is 2.56. The highest BCUT2D eigenvalue weighted by molar-refractivity contribution is 5.29. The molecule has 114 valence electrons. The first kappa shape index (κ1) is 14.8. The molecule has 0 spiro atoms. The van der Waals surface area contributed by atoms with Crippen molar-refractivity contribution >= 4 is 0 Å². The monoisotopic (exact) mass is 297 g/mol. The molecule has 0 radical (unpaired) electrons. The number of hydrogen-bond donors (Lipinski definition) is 1. The minimum absolute atomic E-state index is 0.0499. The summed E-state index contributed by atoms with van der Waals surface area (Å²) < 4.78 is 13.2. The molecule has 0 aromatic heterocycles. The summed E-state index contributed by atoms with van der Waals surface area (Å²) >= 11 is 0. The summed E-state index contributed by atoms with van der Waals surface area (Å²) in [5.41, 5.74) is 1.86. The van der Waals surface area contributed by atoms with Gasteiger partial charge in [0.15, 0.2) is 0 Å². The van der Waals surface area contributed by atoms with Gasteiger partial charge in [0.25, 0.3) is 0 Å². The van der Waals surface area contributed by atoms with Gasteiger partial charge in [-0.25, -0.2) is 4.39 Å². The third-order valence-electron chi connectivity index (χ3n) is 4.32. The van der Waals surface area contributed by atoms with Gasteiger partial charge in [-0.1, -0.05) is 48.5 Å². The van der Waals surface area contributed by atoms with Gasteiger partial charge in [-0.2, -0.15) is 0 Å². The van der Waals surface area contributed by atoms with Crippen LogP contribution in [0.3, 0.4) is 0 Å². The molecular formula is C19H20FNO. The van der Waals surface area contributed by atoms with Gasteiger partial charge in [0, 0.05) is 18.5 Å². The van der Waals surface area contributed by atoms with Crippen molar-refractivity contribution in [2.45, 2.75) is 18.4 Å². The molecule has 3 rings (SSSR count). The van der Waals surface area contributed by atoms with Crippen LogP contribution >= 0.6 is 0 Å². The van der Waals surface area contributed by atoms with Gasteiger partial charge in [0.1, 0.15) is 5.82 Å². The lowest BCUT2D eigenvalue weighted by atomic mass is 9.76. The number of aliphatic hydroxyl groups excluding tert-OH is 1. The first-order chi connectivity index (χ1) is 10.7.